The van der Waals surface area contributed by atoms with E-state index in [-0.39, 0.29) is 11.9 Å². The molecule has 0 saturated heterocycles. The first kappa shape index (κ1) is 13.1. The summed E-state index contributed by atoms with van der Waals surface area (Å²) in [5, 5.41) is 3.31. The number of likely N-dealkylation sites (N-methyl/N-ethyl adjacent to an activating group) is 1. The van der Waals surface area contributed by atoms with E-state index in [4.69, 9.17) is 0 Å². The van der Waals surface area contributed by atoms with E-state index >= 15 is 0 Å². The molecule has 0 unspecified atom stereocenters. The molecule has 0 spiro atoms. The average molecular weight is 246 g/mol. The highest BCUT2D eigenvalue weighted by molar-refractivity contribution is 5.78. The minimum absolute atomic E-state index is 0.193. The summed E-state index contributed by atoms with van der Waals surface area (Å²) in [5.41, 5.74) is 2.53. The third-order valence-corrected chi connectivity index (χ3v) is 3.70. The van der Waals surface area contributed by atoms with Crippen molar-refractivity contribution in [3.8, 4) is 0 Å². The van der Waals surface area contributed by atoms with E-state index in [2.05, 4.69) is 31.3 Å². The van der Waals surface area contributed by atoms with E-state index in [1.54, 1.807) is 0 Å². The molecule has 0 aromatic heterocycles. The average Bonchev–Trinajstić information content (AvgIpc) is 3.19. The van der Waals surface area contributed by atoms with Crippen LogP contribution in [0.5, 0.6) is 0 Å². The van der Waals surface area contributed by atoms with Crippen LogP contribution in [0.2, 0.25) is 0 Å². The molecular weight excluding hydrogens is 224 g/mol. The van der Waals surface area contributed by atoms with Gasteiger partial charge in [0.25, 0.3) is 0 Å². The molecular formula is C15H22N2O. The number of carbonyl (C=O) groups excluding carboxylic acids is 1. The lowest BCUT2D eigenvalue weighted by Gasteiger charge is -2.20. The summed E-state index contributed by atoms with van der Waals surface area (Å²) in [7, 11) is 1.90. The molecule has 3 heteroatoms. The van der Waals surface area contributed by atoms with E-state index in [0.717, 1.165) is 12.8 Å². The Hall–Kier alpha value is -1.35. The number of rotatable bonds is 5. The minimum atomic E-state index is 0.193. The summed E-state index contributed by atoms with van der Waals surface area (Å²) in [6, 6.07) is 9.00. The Morgan fingerprint density at radius 2 is 2.11 bits per heavy atom. The zero-order valence-corrected chi connectivity index (χ0v) is 11.4. The number of hydrogen-bond donors (Lipinski definition) is 1. The predicted molar refractivity (Wildman–Crippen MR) is 73.4 cm³/mol. The van der Waals surface area contributed by atoms with Crippen LogP contribution in [0, 0.1) is 6.92 Å². The highest BCUT2D eigenvalue weighted by Crippen LogP contribution is 2.25. The summed E-state index contributed by atoms with van der Waals surface area (Å²) >= 11 is 0. The van der Waals surface area contributed by atoms with Crippen molar-refractivity contribution in [3.05, 3.63) is 35.4 Å². The fourth-order valence-corrected chi connectivity index (χ4v) is 2.21. The third kappa shape index (κ3) is 3.10. The van der Waals surface area contributed by atoms with Crippen molar-refractivity contribution in [1.82, 2.24) is 10.2 Å². The molecule has 1 amide bonds. The zero-order valence-electron chi connectivity index (χ0n) is 11.4. The predicted octanol–water partition coefficient (Wildman–Crippen LogP) is 2.27. The van der Waals surface area contributed by atoms with Gasteiger partial charge in [-0.25, -0.2) is 0 Å². The van der Waals surface area contributed by atoms with Crippen LogP contribution in [0.3, 0.4) is 0 Å². The van der Waals surface area contributed by atoms with Crippen molar-refractivity contribution in [2.45, 2.75) is 38.8 Å². The Kier molecular flexibility index (Phi) is 4.02. The Labute approximate surface area is 109 Å². The van der Waals surface area contributed by atoms with Gasteiger partial charge in [0.2, 0.25) is 5.91 Å². The molecule has 98 valence electrons. The lowest BCUT2D eigenvalue weighted by molar-refractivity contribution is -0.129. The highest BCUT2D eigenvalue weighted by Gasteiger charge is 2.29. The van der Waals surface area contributed by atoms with Crippen LogP contribution in [0.25, 0.3) is 0 Å². The van der Waals surface area contributed by atoms with Crippen molar-refractivity contribution < 1.29 is 4.79 Å². The maximum absolute atomic E-state index is 11.9. The largest absolute Gasteiger partial charge is 0.342 e. The zero-order chi connectivity index (χ0) is 13.1. The van der Waals surface area contributed by atoms with Crippen LogP contribution in [-0.4, -0.2) is 30.4 Å². The SMILES string of the molecule is Cc1ccccc1[C@@H](C)NCC(=O)N(C)C1CC1. The van der Waals surface area contributed by atoms with E-state index in [1.165, 1.54) is 11.1 Å². The number of nitrogens with one attached hydrogen (secondary N) is 1. The van der Waals surface area contributed by atoms with Gasteiger partial charge >= 0.3 is 0 Å². The van der Waals surface area contributed by atoms with Crippen molar-refractivity contribution in [3.63, 3.8) is 0 Å². The van der Waals surface area contributed by atoms with Crippen molar-refractivity contribution in [2.24, 2.45) is 0 Å². The van der Waals surface area contributed by atoms with Gasteiger partial charge in [-0.05, 0) is 37.8 Å². The van der Waals surface area contributed by atoms with Crippen LogP contribution in [0.1, 0.15) is 36.9 Å². The molecule has 3 nitrogen and oxygen atoms in total. The van der Waals surface area contributed by atoms with Crippen molar-refractivity contribution in [1.29, 1.82) is 0 Å². The number of aryl methyl sites for hydroxylation is 1. The van der Waals surface area contributed by atoms with Crippen LogP contribution in [0.4, 0.5) is 0 Å². The molecule has 0 aliphatic heterocycles. The molecule has 2 rings (SSSR count). The molecule has 1 aromatic carbocycles. The molecule has 1 aliphatic rings. The molecule has 1 saturated carbocycles. The second-order valence-corrected chi connectivity index (χ2v) is 5.19. The molecule has 0 radical (unpaired) electrons. The number of nitrogens with zero attached hydrogens (tertiary/aromatic N) is 1. The normalized spacial score (nSPS) is 16.4. The maximum atomic E-state index is 11.9. The lowest BCUT2D eigenvalue weighted by Crippen LogP contribution is -2.37. The van der Waals surface area contributed by atoms with E-state index < -0.39 is 0 Å². The molecule has 1 fully saturated rings. The van der Waals surface area contributed by atoms with Crippen molar-refractivity contribution >= 4 is 5.91 Å². The van der Waals surface area contributed by atoms with Crippen LogP contribution in [0.15, 0.2) is 24.3 Å². The summed E-state index contributed by atoms with van der Waals surface area (Å²) in [6.45, 7) is 4.63. The third-order valence-electron chi connectivity index (χ3n) is 3.70. The first-order chi connectivity index (χ1) is 8.59. The molecule has 0 bridgehead atoms. The van der Waals surface area contributed by atoms with Gasteiger partial charge in [-0.15, -0.1) is 0 Å². The van der Waals surface area contributed by atoms with Crippen LogP contribution >= 0.6 is 0 Å². The second kappa shape index (κ2) is 5.53. The van der Waals surface area contributed by atoms with Crippen LogP contribution < -0.4 is 5.32 Å². The summed E-state index contributed by atoms with van der Waals surface area (Å²) in [4.78, 5) is 13.8. The molecule has 1 aliphatic carbocycles. The van der Waals surface area contributed by atoms with Gasteiger partial charge in [0.05, 0.1) is 6.54 Å². The Balaban J connectivity index is 1.86. The summed E-state index contributed by atoms with van der Waals surface area (Å²) in [5.74, 6) is 0.193. The summed E-state index contributed by atoms with van der Waals surface area (Å²) < 4.78 is 0. The first-order valence-corrected chi connectivity index (χ1v) is 6.64. The molecule has 1 atom stereocenters. The monoisotopic (exact) mass is 246 g/mol. The van der Waals surface area contributed by atoms with Gasteiger partial charge in [0.1, 0.15) is 0 Å². The molecule has 18 heavy (non-hydrogen) atoms. The van der Waals surface area contributed by atoms with E-state index in [9.17, 15) is 4.79 Å². The van der Waals surface area contributed by atoms with E-state index in [0.29, 0.717) is 12.6 Å². The Bertz CT molecular complexity index is 426. The van der Waals surface area contributed by atoms with E-state index in [1.807, 2.05) is 24.1 Å². The molecule has 0 heterocycles. The Morgan fingerprint density at radius 3 is 2.72 bits per heavy atom. The molecule has 1 N–H and O–H groups in total. The quantitative estimate of drug-likeness (QED) is 0.864. The fourth-order valence-electron chi connectivity index (χ4n) is 2.21. The van der Waals surface area contributed by atoms with Gasteiger partial charge in [0.15, 0.2) is 0 Å². The van der Waals surface area contributed by atoms with Gasteiger partial charge in [-0.1, -0.05) is 24.3 Å². The van der Waals surface area contributed by atoms with Gasteiger partial charge in [0, 0.05) is 19.1 Å². The molecule has 1 aromatic rings. The number of carbonyl (C=O) groups is 1. The first-order valence-electron chi connectivity index (χ1n) is 6.64. The Morgan fingerprint density at radius 1 is 1.44 bits per heavy atom. The van der Waals surface area contributed by atoms with Crippen molar-refractivity contribution in [2.75, 3.05) is 13.6 Å². The van der Waals surface area contributed by atoms with Gasteiger partial charge in [-0.2, -0.15) is 0 Å². The highest BCUT2D eigenvalue weighted by atomic mass is 16.2. The number of benzene rings is 1. The number of hydrogen-bond acceptors (Lipinski definition) is 2. The summed E-state index contributed by atoms with van der Waals surface area (Å²) in [6.07, 6.45) is 2.32. The van der Waals surface area contributed by atoms with Gasteiger partial charge < -0.3 is 10.2 Å². The smallest absolute Gasteiger partial charge is 0.236 e. The fraction of sp³-hybridized carbons (Fsp3) is 0.533. The topological polar surface area (TPSA) is 32.3 Å². The maximum Gasteiger partial charge on any atom is 0.236 e. The van der Waals surface area contributed by atoms with Gasteiger partial charge in [-0.3, -0.25) is 4.79 Å². The van der Waals surface area contributed by atoms with Crippen LogP contribution in [-0.2, 0) is 4.79 Å². The number of amides is 1. The minimum Gasteiger partial charge on any atom is -0.342 e. The lowest BCUT2D eigenvalue weighted by atomic mass is 10.0. The second-order valence-electron chi connectivity index (χ2n) is 5.19. The standard InChI is InChI=1S/C15H22N2O/c1-11-6-4-5-7-14(11)12(2)16-10-15(18)17(3)13-8-9-13/h4-7,12-13,16H,8-10H2,1-3H3/t12-/m1/s1.